The lowest BCUT2D eigenvalue weighted by atomic mass is 10.2. The fraction of sp³-hybridized carbons (Fsp3) is 0.500. The Labute approximate surface area is 90.1 Å². The second-order valence-corrected chi connectivity index (χ2v) is 3.80. The summed E-state index contributed by atoms with van der Waals surface area (Å²) in [5.74, 6) is -0.196. The highest BCUT2D eigenvalue weighted by Crippen LogP contribution is 2.03. The summed E-state index contributed by atoms with van der Waals surface area (Å²) in [4.78, 5) is 0. The first-order valence-corrected chi connectivity index (χ1v) is 5.31. The van der Waals surface area contributed by atoms with Crippen LogP contribution in [0.1, 0.15) is 25.3 Å². The Kier molecular flexibility index (Phi) is 5.29. The third-order valence-corrected chi connectivity index (χ3v) is 2.19. The monoisotopic (exact) mass is 211 g/mol. The van der Waals surface area contributed by atoms with E-state index in [9.17, 15) is 4.39 Å². The third kappa shape index (κ3) is 5.50. The predicted molar refractivity (Wildman–Crippen MR) is 59.0 cm³/mol. The molecule has 0 spiro atoms. The number of rotatable bonds is 6. The van der Waals surface area contributed by atoms with Crippen LogP contribution in [0.15, 0.2) is 24.3 Å². The van der Waals surface area contributed by atoms with Crippen molar-refractivity contribution in [2.45, 2.75) is 32.4 Å². The molecule has 0 fully saturated rings. The van der Waals surface area contributed by atoms with Crippen LogP contribution in [0.25, 0.3) is 0 Å². The van der Waals surface area contributed by atoms with E-state index in [0.717, 1.165) is 24.9 Å². The van der Waals surface area contributed by atoms with E-state index in [1.165, 1.54) is 12.1 Å². The second kappa shape index (κ2) is 6.53. The normalized spacial score (nSPS) is 12.7. The van der Waals surface area contributed by atoms with Crippen molar-refractivity contribution in [2.75, 3.05) is 6.54 Å². The first-order valence-electron chi connectivity index (χ1n) is 5.31. The van der Waals surface area contributed by atoms with Gasteiger partial charge in [0, 0.05) is 6.54 Å². The van der Waals surface area contributed by atoms with Crippen LogP contribution in [0.3, 0.4) is 0 Å². The Hall–Kier alpha value is -0.930. The summed E-state index contributed by atoms with van der Waals surface area (Å²) in [7, 11) is 0. The van der Waals surface area contributed by atoms with Gasteiger partial charge in [-0.1, -0.05) is 12.1 Å². The molecule has 0 aliphatic rings. The standard InChI is InChI=1S/C12H18FNO/c1-10(15)4-3-7-14-9-11-5-2-6-12(13)8-11/h2,5-6,8,10,14-15H,3-4,7,9H2,1H3. The zero-order valence-electron chi connectivity index (χ0n) is 9.04. The molecule has 1 rings (SSSR count). The van der Waals surface area contributed by atoms with E-state index in [0.29, 0.717) is 6.54 Å². The summed E-state index contributed by atoms with van der Waals surface area (Å²) in [6.07, 6.45) is 1.50. The highest BCUT2D eigenvalue weighted by molar-refractivity contribution is 5.15. The maximum absolute atomic E-state index is 12.8. The van der Waals surface area contributed by atoms with E-state index in [2.05, 4.69) is 5.32 Å². The Morgan fingerprint density at radius 2 is 2.27 bits per heavy atom. The van der Waals surface area contributed by atoms with E-state index in [4.69, 9.17) is 5.11 Å². The van der Waals surface area contributed by atoms with Crippen molar-refractivity contribution in [1.82, 2.24) is 5.32 Å². The lowest BCUT2D eigenvalue weighted by Gasteiger charge is -2.06. The maximum Gasteiger partial charge on any atom is 0.123 e. The van der Waals surface area contributed by atoms with Gasteiger partial charge in [0.25, 0.3) is 0 Å². The SMILES string of the molecule is CC(O)CCCNCc1cccc(F)c1. The van der Waals surface area contributed by atoms with Crippen molar-refractivity contribution in [3.63, 3.8) is 0 Å². The Morgan fingerprint density at radius 1 is 1.47 bits per heavy atom. The largest absolute Gasteiger partial charge is 0.393 e. The molecule has 2 N–H and O–H groups in total. The lowest BCUT2D eigenvalue weighted by molar-refractivity contribution is 0.181. The quantitative estimate of drug-likeness (QED) is 0.706. The number of hydrogen-bond acceptors (Lipinski definition) is 2. The molecule has 0 saturated carbocycles. The molecule has 0 aliphatic heterocycles. The Balaban J connectivity index is 2.15. The molecule has 0 heterocycles. The molecule has 3 heteroatoms. The molecule has 0 aromatic heterocycles. The van der Waals surface area contributed by atoms with E-state index in [-0.39, 0.29) is 11.9 Å². The van der Waals surface area contributed by atoms with Crippen molar-refractivity contribution >= 4 is 0 Å². The summed E-state index contributed by atoms with van der Waals surface area (Å²) in [5, 5.41) is 12.2. The van der Waals surface area contributed by atoms with Gasteiger partial charge in [0.1, 0.15) is 5.82 Å². The number of nitrogens with one attached hydrogen (secondary N) is 1. The molecule has 0 bridgehead atoms. The van der Waals surface area contributed by atoms with Gasteiger partial charge in [-0.3, -0.25) is 0 Å². The van der Waals surface area contributed by atoms with Crippen molar-refractivity contribution < 1.29 is 9.50 Å². The van der Waals surface area contributed by atoms with Crippen molar-refractivity contribution in [2.24, 2.45) is 0 Å². The lowest BCUT2D eigenvalue weighted by Crippen LogP contribution is -2.16. The van der Waals surface area contributed by atoms with Gasteiger partial charge in [-0.2, -0.15) is 0 Å². The molecule has 1 unspecified atom stereocenters. The van der Waals surface area contributed by atoms with Gasteiger partial charge in [-0.05, 0) is 44.0 Å². The summed E-state index contributed by atoms with van der Waals surface area (Å²) in [6, 6.07) is 6.57. The van der Waals surface area contributed by atoms with Gasteiger partial charge < -0.3 is 10.4 Å². The molecule has 0 saturated heterocycles. The van der Waals surface area contributed by atoms with Gasteiger partial charge in [0.15, 0.2) is 0 Å². The molecule has 2 nitrogen and oxygen atoms in total. The molecule has 1 aromatic rings. The first-order chi connectivity index (χ1) is 7.18. The summed E-state index contributed by atoms with van der Waals surface area (Å²) in [6.45, 7) is 3.31. The van der Waals surface area contributed by atoms with Gasteiger partial charge >= 0.3 is 0 Å². The number of benzene rings is 1. The number of hydrogen-bond donors (Lipinski definition) is 2. The molecule has 84 valence electrons. The van der Waals surface area contributed by atoms with Crippen molar-refractivity contribution in [3.05, 3.63) is 35.6 Å². The van der Waals surface area contributed by atoms with Crippen LogP contribution in [0.4, 0.5) is 4.39 Å². The number of aliphatic hydroxyl groups is 1. The molecular weight excluding hydrogens is 193 g/mol. The van der Waals surface area contributed by atoms with Crippen molar-refractivity contribution in [1.29, 1.82) is 0 Å². The average molecular weight is 211 g/mol. The van der Waals surface area contributed by atoms with Gasteiger partial charge in [0.2, 0.25) is 0 Å². The molecule has 15 heavy (non-hydrogen) atoms. The smallest absolute Gasteiger partial charge is 0.123 e. The fourth-order valence-corrected chi connectivity index (χ4v) is 1.40. The minimum Gasteiger partial charge on any atom is -0.393 e. The number of halogens is 1. The first kappa shape index (κ1) is 12.1. The van der Waals surface area contributed by atoms with E-state index < -0.39 is 0 Å². The molecule has 0 aliphatic carbocycles. The van der Waals surface area contributed by atoms with E-state index in [1.807, 2.05) is 6.07 Å². The minimum absolute atomic E-state index is 0.196. The van der Waals surface area contributed by atoms with Crippen LogP contribution >= 0.6 is 0 Å². The predicted octanol–water partition coefficient (Wildman–Crippen LogP) is 2.08. The molecule has 1 atom stereocenters. The van der Waals surface area contributed by atoms with Crippen LogP contribution in [0.2, 0.25) is 0 Å². The van der Waals surface area contributed by atoms with Crippen LogP contribution < -0.4 is 5.32 Å². The second-order valence-electron chi connectivity index (χ2n) is 3.80. The third-order valence-electron chi connectivity index (χ3n) is 2.19. The van der Waals surface area contributed by atoms with Crippen LogP contribution in [-0.2, 0) is 6.54 Å². The number of aliphatic hydroxyl groups excluding tert-OH is 1. The fourth-order valence-electron chi connectivity index (χ4n) is 1.40. The average Bonchev–Trinajstić information content (AvgIpc) is 2.17. The van der Waals surface area contributed by atoms with Gasteiger partial charge in [-0.25, -0.2) is 4.39 Å². The van der Waals surface area contributed by atoms with Crippen LogP contribution in [-0.4, -0.2) is 17.8 Å². The van der Waals surface area contributed by atoms with Gasteiger partial charge in [0.05, 0.1) is 6.10 Å². The van der Waals surface area contributed by atoms with Gasteiger partial charge in [-0.15, -0.1) is 0 Å². The van der Waals surface area contributed by atoms with Crippen LogP contribution in [0, 0.1) is 5.82 Å². The van der Waals surface area contributed by atoms with Crippen molar-refractivity contribution in [3.8, 4) is 0 Å². The molecule has 0 radical (unpaired) electrons. The highest BCUT2D eigenvalue weighted by atomic mass is 19.1. The summed E-state index contributed by atoms with van der Waals surface area (Å²) in [5.41, 5.74) is 0.951. The van der Waals surface area contributed by atoms with E-state index in [1.54, 1.807) is 13.0 Å². The van der Waals surface area contributed by atoms with Crippen LogP contribution in [0.5, 0.6) is 0 Å². The molecule has 1 aromatic carbocycles. The van der Waals surface area contributed by atoms with E-state index >= 15 is 0 Å². The molecular formula is C12H18FNO. The summed E-state index contributed by atoms with van der Waals surface area (Å²) < 4.78 is 12.8. The minimum atomic E-state index is -0.235. The zero-order chi connectivity index (χ0) is 11.1. The topological polar surface area (TPSA) is 32.3 Å². The summed E-state index contributed by atoms with van der Waals surface area (Å²) >= 11 is 0. The Bertz CT molecular complexity index is 289. The highest BCUT2D eigenvalue weighted by Gasteiger charge is 1.96. The maximum atomic E-state index is 12.8. The zero-order valence-corrected chi connectivity index (χ0v) is 9.04. The Morgan fingerprint density at radius 3 is 2.93 bits per heavy atom. The molecule has 0 amide bonds.